The zero-order valence-corrected chi connectivity index (χ0v) is 21.6. The fraction of sp³-hybridized carbons (Fsp3) is 0.308. The molecule has 2 atom stereocenters. The largest absolute Gasteiger partial charge is 0.755 e. The summed E-state index contributed by atoms with van der Waals surface area (Å²) < 4.78 is 37.8. The topological polar surface area (TPSA) is 95.0 Å². The summed E-state index contributed by atoms with van der Waals surface area (Å²) in [6, 6.07) is 19.6. The van der Waals surface area contributed by atoms with Crippen LogP contribution in [0.4, 0.5) is 10.5 Å². The molecule has 1 aromatic heterocycles. The number of rotatable bonds is 8. The van der Waals surface area contributed by atoms with E-state index in [4.69, 9.17) is 21.1 Å². The van der Waals surface area contributed by atoms with Crippen molar-refractivity contribution >= 4 is 34.6 Å². The number of carbonyl (C=O) groups is 1. The third-order valence-corrected chi connectivity index (χ3v) is 7.05. The molecule has 8 nitrogen and oxygen atoms in total. The number of likely N-dealkylation sites (tertiary alicyclic amines) is 1. The first-order chi connectivity index (χ1) is 17.3. The van der Waals surface area contributed by atoms with Crippen LogP contribution in [0.2, 0.25) is 5.02 Å². The molecule has 0 spiro atoms. The summed E-state index contributed by atoms with van der Waals surface area (Å²) in [4.78, 5) is 18.8. The second-order valence-electron chi connectivity index (χ2n) is 8.78. The van der Waals surface area contributed by atoms with Crippen LogP contribution in [0.15, 0.2) is 72.9 Å². The van der Waals surface area contributed by atoms with Crippen molar-refractivity contribution in [2.75, 3.05) is 17.4 Å². The third-order valence-electron chi connectivity index (χ3n) is 5.94. The van der Waals surface area contributed by atoms with Gasteiger partial charge >= 0.3 is 6.09 Å². The van der Waals surface area contributed by atoms with Crippen molar-refractivity contribution in [1.82, 2.24) is 9.88 Å². The minimum atomic E-state index is -2.68. The maximum Gasteiger partial charge on any atom is 0.410 e. The zero-order valence-electron chi connectivity index (χ0n) is 20.0. The number of carbonyl (C=O) groups excluding carboxylic acids is 1. The Kier molecular flexibility index (Phi) is 8.13. The van der Waals surface area contributed by atoms with Crippen LogP contribution in [0.1, 0.15) is 31.4 Å². The highest BCUT2D eigenvalue weighted by molar-refractivity contribution is 7.80. The van der Waals surface area contributed by atoms with E-state index in [-0.39, 0.29) is 19.3 Å². The molecule has 0 N–H and O–H groups in total. The fourth-order valence-corrected chi connectivity index (χ4v) is 5.26. The zero-order chi connectivity index (χ0) is 25.7. The highest BCUT2D eigenvalue weighted by Crippen LogP contribution is 2.42. The summed E-state index contributed by atoms with van der Waals surface area (Å²) in [7, 11) is 0. The lowest BCUT2D eigenvalue weighted by Crippen LogP contribution is -2.50. The summed E-state index contributed by atoms with van der Waals surface area (Å²) in [6.45, 7) is 4.30. The number of anilines is 1. The van der Waals surface area contributed by atoms with Crippen LogP contribution in [0.3, 0.4) is 0 Å². The van der Waals surface area contributed by atoms with Gasteiger partial charge in [0, 0.05) is 28.9 Å². The molecular formula is C26H27ClN3O5S-. The normalized spacial score (nSPS) is 18.2. The van der Waals surface area contributed by atoms with Crippen molar-refractivity contribution in [3.05, 3.63) is 89.1 Å². The molecule has 2 unspecified atom stereocenters. The number of aromatic nitrogens is 1. The number of benzene rings is 2. The van der Waals surface area contributed by atoms with Gasteiger partial charge in [-0.3, -0.25) is 8.51 Å². The van der Waals surface area contributed by atoms with E-state index in [9.17, 15) is 13.6 Å². The van der Waals surface area contributed by atoms with Gasteiger partial charge in [-0.05, 0) is 49.6 Å². The Morgan fingerprint density at radius 1 is 1.17 bits per heavy atom. The van der Waals surface area contributed by atoms with E-state index in [1.165, 1.54) is 15.4 Å². The number of pyridine rings is 1. The lowest BCUT2D eigenvalue weighted by Gasteiger charge is -2.43. The van der Waals surface area contributed by atoms with Gasteiger partial charge in [-0.2, -0.15) is 0 Å². The number of hydrogen-bond donors (Lipinski definition) is 0. The molecule has 1 aliphatic rings. The Morgan fingerprint density at radius 2 is 1.89 bits per heavy atom. The average Bonchev–Trinajstić information content (AvgIpc) is 3.30. The molecule has 190 valence electrons. The molecule has 2 heterocycles. The van der Waals surface area contributed by atoms with Gasteiger partial charge in [0.25, 0.3) is 0 Å². The van der Waals surface area contributed by atoms with Gasteiger partial charge < -0.3 is 18.9 Å². The van der Waals surface area contributed by atoms with Crippen LogP contribution in [0, 0.1) is 0 Å². The van der Waals surface area contributed by atoms with Gasteiger partial charge in [-0.15, -0.1) is 0 Å². The first-order valence-electron chi connectivity index (χ1n) is 11.5. The Morgan fingerprint density at radius 3 is 2.50 bits per heavy atom. The average molecular weight is 529 g/mol. The molecule has 1 saturated heterocycles. The maximum atomic E-state index is 12.9. The number of hydrogen-bond acceptors (Lipinski definition) is 6. The highest BCUT2D eigenvalue weighted by Gasteiger charge is 2.47. The van der Waals surface area contributed by atoms with E-state index in [0.29, 0.717) is 35.1 Å². The maximum absolute atomic E-state index is 12.9. The van der Waals surface area contributed by atoms with Crippen LogP contribution in [0.25, 0.3) is 0 Å². The van der Waals surface area contributed by atoms with Gasteiger partial charge in [-0.1, -0.05) is 54.1 Å². The Hall–Kier alpha value is -3.14. The van der Waals surface area contributed by atoms with E-state index in [2.05, 4.69) is 4.98 Å². The van der Waals surface area contributed by atoms with Crippen LogP contribution in [0.5, 0.6) is 5.88 Å². The number of halogens is 1. The monoisotopic (exact) mass is 528 g/mol. The molecule has 0 aliphatic carbocycles. The van der Waals surface area contributed by atoms with Crippen LogP contribution in [-0.4, -0.2) is 43.9 Å². The molecule has 4 rings (SSSR count). The minimum Gasteiger partial charge on any atom is -0.755 e. The standard InChI is InChI=1S/C26H28ClN3O5S/c1-19(2)35-24-13-12-23(16-28-24)30(36(32)33)26(21-8-10-22(27)11-9-21)14-15-29(18-26)25(31)34-17-20-6-4-3-5-7-20/h3-13,16,19H,14-15,17-18H2,1-2H3,(H,32,33)/p-1. The predicted octanol–water partition coefficient (Wildman–Crippen LogP) is 5.06. The first-order valence-corrected chi connectivity index (χ1v) is 12.9. The quantitative estimate of drug-likeness (QED) is 0.379. The van der Waals surface area contributed by atoms with E-state index in [1.54, 1.807) is 36.4 Å². The smallest absolute Gasteiger partial charge is 0.410 e. The van der Waals surface area contributed by atoms with Gasteiger partial charge in [0.15, 0.2) is 0 Å². The molecule has 10 heteroatoms. The molecule has 0 bridgehead atoms. The molecule has 1 aliphatic heterocycles. The molecule has 1 amide bonds. The van der Waals surface area contributed by atoms with Crippen molar-refractivity contribution in [2.24, 2.45) is 0 Å². The van der Waals surface area contributed by atoms with Gasteiger partial charge in [0.1, 0.15) is 6.61 Å². The molecule has 0 saturated carbocycles. The van der Waals surface area contributed by atoms with Crippen molar-refractivity contribution < 1.29 is 23.0 Å². The van der Waals surface area contributed by atoms with Crippen molar-refractivity contribution in [3.8, 4) is 5.88 Å². The molecule has 0 radical (unpaired) electrons. The SMILES string of the molecule is CC(C)Oc1ccc(N(S(=O)[O-])C2(c3ccc(Cl)cc3)CCN(C(=O)OCc3ccccc3)C2)cn1. The van der Waals surface area contributed by atoms with Crippen LogP contribution >= 0.6 is 11.6 Å². The molecule has 1 fully saturated rings. The summed E-state index contributed by atoms with van der Waals surface area (Å²) in [5.41, 5.74) is 0.849. The summed E-state index contributed by atoms with van der Waals surface area (Å²) >= 11 is 3.44. The molecule has 2 aromatic carbocycles. The molecule has 3 aromatic rings. The third kappa shape index (κ3) is 5.80. The Labute approximate surface area is 218 Å². The van der Waals surface area contributed by atoms with Gasteiger partial charge in [0.05, 0.1) is 30.1 Å². The minimum absolute atomic E-state index is 0.0706. The summed E-state index contributed by atoms with van der Waals surface area (Å²) in [5, 5.41) is 0.526. The van der Waals surface area contributed by atoms with Gasteiger partial charge in [0.2, 0.25) is 5.88 Å². The van der Waals surface area contributed by atoms with Crippen LogP contribution in [-0.2, 0) is 28.1 Å². The lowest BCUT2D eigenvalue weighted by atomic mass is 9.88. The number of ether oxygens (including phenoxy) is 2. The summed E-state index contributed by atoms with van der Waals surface area (Å²) in [5.74, 6) is 0.392. The van der Waals surface area contributed by atoms with E-state index in [0.717, 1.165) is 5.56 Å². The molecule has 36 heavy (non-hydrogen) atoms. The molecular weight excluding hydrogens is 502 g/mol. The first kappa shape index (κ1) is 25.9. The number of amides is 1. The second kappa shape index (κ2) is 11.3. The van der Waals surface area contributed by atoms with E-state index in [1.807, 2.05) is 44.2 Å². The van der Waals surface area contributed by atoms with Crippen molar-refractivity contribution in [1.29, 1.82) is 0 Å². The fourth-order valence-electron chi connectivity index (χ4n) is 4.32. The highest BCUT2D eigenvalue weighted by atomic mass is 35.5. The van der Waals surface area contributed by atoms with Gasteiger partial charge in [-0.25, -0.2) is 9.78 Å². The number of nitrogens with zero attached hydrogens (tertiary/aromatic N) is 3. The summed E-state index contributed by atoms with van der Waals surface area (Å²) in [6.07, 6.45) is 1.23. The Bertz CT molecular complexity index is 1190. The van der Waals surface area contributed by atoms with Crippen molar-refractivity contribution in [3.63, 3.8) is 0 Å². The van der Waals surface area contributed by atoms with Crippen LogP contribution < -0.4 is 9.04 Å². The van der Waals surface area contributed by atoms with E-state index < -0.39 is 22.9 Å². The Balaban J connectivity index is 1.64. The van der Waals surface area contributed by atoms with E-state index >= 15 is 0 Å². The predicted molar refractivity (Wildman–Crippen MR) is 137 cm³/mol. The van der Waals surface area contributed by atoms with Crippen molar-refractivity contribution in [2.45, 2.75) is 38.5 Å². The lowest BCUT2D eigenvalue weighted by molar-refractivity contribution is 0.102. The second-order valence-corrected chi connectivity index (χ2v) is 10.0.